The largest absolute Gasteiger partial charge is 0.496 e. The van der Waals surface area contributed by atoms with Crippen molar-refractivity contribution in [1.82, 2.24) is 25.1 Å². The van der Waals surface area contributed by atoms with Crippen LogP contribution in [0.25, 0.3) is 40.0 Å². The van der Waals surface area contributed by atoms with Gasteiger partial charge in [-0.25, -0.2) is 4.68 Å². The molecule has 3 heterocycles. The molecular formula is C21H15N5O3. The Labute approximate surface area is 165 Å². The van der Waals surface area contributed by atoms with Crippen molar-refractivity contribution < 1.29 is 13.7 Å². The third-order valence-corrected chi connectivity index (χ3v) is 4.41. The highest BCUT2D eigenvalue weighted by Gasteiger charge is 2.26. The van der Waals surface area contributed by atoms with E-state index in [0.29, 0.717) is 34.3 Å². The molecule has 0 bridgehead atoms. The molecule has 29 heavy (non-hydrogen) atoms. The fraction of sp³-hybridized carbons (Fsp3) is 0.0476. The summed E-state index contributed by atoms with van der Waals surface area (Å²) in [4.78, 5) is 0. The summed E-state index contributed by atoms with van der Waals surface area (Å²) in [7, 11) is 1.60. The maximum atomic E-state index is 6.01. The van der Waals surface area contributed by atoms with Crippen LogP contribution in [-0.2, 0) is 0 Å². The van der Waals surface area contributed by atoms with Crippen LogP contribution in [0.4, 0.5) is 0 Å². The van der Waals surface area contributed by atoms with Gasteiger partial charge in [-0.05, 0) is 18.2 Å². The molecule has 0 spiro atoms. The van der Waals surface area contributed by atoms with Gasteiger partial charge in [0.25, 0.3) is 17.7 Å². The molecule has 0 atom stereocenters. The quantitative estimate of drug-likeness (QED) is 0.446. The SMILES string of the molecule is COc1ccccc1-c1nnc(-c2c(-c3ccccc3)noc2-n2cccn2)o1. The van der Waals surface area contributed by atoms with Crippen molar-refractivity contribution in [3.8, 4) is 45.8 Å². The lowest BCUT2D eigenvalue weighted by Crippen LogP contribution is -1.95. The Morgan fingerprint density at radius 3 is 2.48 bits per heavy atom. The molecule has 0 saturated carbocycles. The van der Waals surface area contributed by atoms with Gasteiger partial charge in [-0.1, -0.05) is 47.6 Å². The van der Waals surface area contributed by atoms with Gasteiger partial charge in [0, 0.05) is 18.0 Å². The lowest BCUT2D eigenvalue weighted by molar-refractivity contribution is 0.400. The van der Waals surface area contributed by atoms with Crippen molar-refractivity contribution in [2.75, 3.05) is 7.11 Å². The molecule has 0 N–H and O–H groups in total. The lowest BCUT2D eigenvalue weighted by Gasteiger charge is -2.03. The molecule has 8 heteroatoms. The van der Waals surface area contributed by atoms with Crippen LogP contribution in [0.5, 0.6) is 5.75 Å². The van der Waals surface area contributed by atoms with Crippen LogP contribution in [0.2, 0.25) is 0 Å². The van der Waals surface area contributed by atoms with Crippen LogP contribution in [0.15, 0.2) is 82.0 Å². The Balaban J connectivity index is 1.68. The standard InChI is InChI=1S/C21H15N5O3/c1-27-16-11-6-5-10-15(16)19-23-24-20(28-19)17-18(14-8-3-2-4-9-14)25-29-21(17)26-13-7-12-22-26/h2-13H,1H3. The van der Waals surface area contributed by atoms with Crippen LogP contribution in [0, 0.1) is 0 Å². The van der Waals surface area contributed by atoms with Crippen LogP contribution >= 0.6 is 0 Å². The molecule has 0 unspecified atom stereocenters. The zero-order valence-electron chi connectivity index (χ0n) is 15.4. The number of ether oxygens (including phenoxy) is 1. The second kappa shape index (κ2) is 7.08. The van der Waals surface area contributed by atoms with E-state index < -0.39 is 0 Å². The smallest absolute Gasteiger partial charge is 0.265 e. The van der Waals surface area contributed by atoms with Gasteiger partial charge in [-0.15, -0.1) is 10.2 Å². The second-order valence-electron chi connectivity index (χ2n) is 6.14. The minimum Gasteiger partial charge on any atom is -0.496 e. The first-order chi connectivity index (χ1) is 14.3. The topological polar surface area (TPSA) is 92.0 Å². The number of methoxy groups -OCH3 is 1. The Bertz CT molecular complexity index is 1240. The van der Waals surface area contributed by atoms with Gasteiger partial charge >= 0.3 is 0 Å². The summed E-state index contributed by atoms with van der Waals surface area (Å²) in [5.41, 5.74) is 2.72. The first kappa shape index (κ1) is 16.9. The molecule has 0 aliphatic carbocycles. The fourth-order valence-electron chi connectivity index (χ4n) is 3.07. The maximum Gasteiger partial charge on any atom is 0.265 e. The van der Waals surface area contributed by atoms with E-state index in [1.54, 1.807) is 30.3 Å². The van der Waals surface area contributed by atoms with Crippen molar-refractivity contribution in [2.45, 2.75) is 0 Å². The summed E-state index contributed by atoms with van der Waals surface area (Å²) in [6, 6.07) is 18.9. The Morgan fingerprint density at radius 1 is 0.897 bits per heavy atom. The molecule has 8 nitrogen and oxygen atoms in total. The summed E-state index contributed by atoms with van der Waals surface area (Å²) in [5, 5.41) is 17.0. The van der Waals surface area contributed by atoms with Gasteiger partial charge in [-0.2, -0.15) is 5.10 Å². The monoisotopic (exact) mass is 385 g/mol. The summed E-state index contributed by atoms with van der Waals surface area (Å²) in [5.74, 6) is 1.65. The first-order valence-electron chi connectivity index (χ1n) is 8.87. The zero-order valence-corrected chi connectivity index (χ0v) is 15.4. The molecule has 5 aromatic rings. The number of hydrogen-bond donors (Lipinski definition) is 0. The fourth-order valence-corrected chi connectivity index (χ4v) is 3.07. The third-order valence-electron chi connectivity index (χ3n) is 4.41. The van der Waals surface area contributed by atoms with E-state index in [1.807, 2.05) is 54.6 Å². The van der Waals surface area contributed by atoms with Crippen molar-refractivity contribution in [3.63, 3.8) is 0 Å². The van der Waals surface area contributed by atoms with Crippen molar-refractivity contribution in [3.05, 3.63) is 73.1 Å². The molecule has 5 rings (SSSR count). The van der Waals surface area contributed by atoms with Gasteiger partial charge < -0.3 is 13.7 Å². The lowest BCUT2D eigenvalue weighted by atomic mass is 10.1. The van der Waals surface area contributed by atoms with E-state index >= 15 is 0 Å². The Kier molecular flexibility index (Phi) is 4.14. The van der Waals surface area contributed by atoms with E-state index in [0.717, 1.165) is 5.56 Å². The third kappa shape index (κ3) is 2.96. The molecule has 142 valence electrons. The summed E-state index contributed by atoms with van der Waals surface area (Å²) < 4.78 is 18.6. The number of para-hydroxylation sites is 1. The Hall–Kier alpha value is -4.20. The van der Waals surface area contributed by atoms with Crippen molar-refractivity contribution in [2.24, 2.45) is 0 Å². The van der Waals surface area contributed by atoms with Crippen LogP contribution in [0.1, 0.15) is 0 Å². The number of rotatable bonds is 5. The summed E-state index contributed by atoms with van der Waals surface area (Å²) in [6.45, 7) is 0. The molecule has 0 fully saturated rings. The van der Waals surface area contributed by atoms with Gasteiger partial charge in [0.05, 0.1) is 12.7 Å². The number of aromatic nitrogens is 5. The van der Waals surface area contributed by atoms with Crippen LogP contribution in [-0.4, -0.2) is 32.2 Å². The van der Waals surface area contributed by atoms with Gasteiger partial charge in [0.1, 0.15) is 17.0 Å². The average molecular weight is 385 g/mol. The molecule has 2 aromatic carbocycles. The van der Waals surface area contributed by atoms with Crippen molar-refractivity contribution >= 4 is 0 Å². The predicted octanol–water partition coefficient (Wildman–Crippen LogP) is 4.25. The first-order valence-corrected chi connectivity index (χ1v) is 8.87. The highest BCUT2D eigenvalue weighted by atomic mass is 16.5. The predicted molar refractivity (Wildman–Crippen MR) is 104 cm³/mol. The highest BCUT2D eigenvalue weighted by Crippen LogP contribution is 2.37. The molecule has 0 amide bonds. The van der Waals surface area contributed by atoms with Gasteiger partial charge in [0.15, 0.2) is 0 Å². The minimum absolute atomic E-state index is 0.275. The minimum atomic E-state index is 0.275. The van der Waals surface area contributed by atoms with Gasteiger partial charge in [-0.3, -0.25) is 0 Å². The molecular weight excluding hydrogens is 370 g/mol. The molecule has 0 saturated heterocycles. The molecule has 3 aromatic heterocycles. The maximum absolute atomic E-state index is 6.01. The molecule has 0 aliphatic heterocycles. The summed E-state index contributed by atoms with van der Waals surface area (Å²) in [6.07, 6.45) is 3.42. The van der Waals surface area contributed by atoms with E-state index in [2.05, 4.69) is 20.5 Å². The second-order valence-corrected chi connectivity index (χ2v) is 6.14. The van der Waals surface area contributed by atoms with Crippen LogP contribution in [0.3, 0.4) is 0 Å². The van der Waals surface area contributed by atoms with Crippen molar-refractivity contribution in [1.29, 1.82) is 0 Å². The summed E-state index contributed by atoms with van der Waals surface area (Å²) >= 11 is 0. The van der Waals surface area contributed by atoms with E-state index in [1.165, 1.54) is 0 Å². The number of benzene rings is 2. The molecule has 0 aliphatic rings. The molecule has 0 radical (unpaired) electrons. The van der Waals surface area contributed by atoms with E-state index in [4.69, 9.17) is 13.7 Å². The van der Waals surface area contributed by atoms with E-state index in [9.17, 15) is 0 Å². The van der Waals surface area contributed by atoms with Gasteiger partial charge in [0.2, 0.25) is 0 Å². The zero-order chi connectivity index (χ0) is 19.6. The number of hydrogen-bond acceptors (Lipinski definition) is 7. The highest BCUT2D eigenvalue weighted by molar-refractivity contribution is 5.81. The number of nitrogens with zero attached hydrogens (tertiary/aromatic N) is 5. The van der Waals surface area contributed by atoms with Crippen LogP contribution < -0.4 is 4.74 Å². The Morgan fingerprint density at radius 2 is 1.69 bits per heavy atom. The normalized spacial score (nSPS) is 10.9. The average Bonchev–Trinajstić information content (AvgIpc) is 3.54. The van der Waals surface area contributed by atoms with E-state index in [-0.39, 0.29) is 5.89 Å².